The Bertz CT molecular complexity index is 814. The molecular weight excluding hydrogens is 338 g/mol. The lowest BCUT2D eigenvalue weighted by atomic mass is 9.88. The van der Waals surface area contributed by atoms with E-state index >= 15 is 0 Å². The molecular formula is C17H21N5O2S. The topological polar surface area (TPSA) is 95.3 Å². The first kappa shape index (κ1) is 16.1. The number of amides is 2. The molecule has 4 heterocycles. The molecule has 0 spiro atoms. The zero-order valence-electron chi connectivity index (χ0n) is 14.1. The van der Waals surface area contributed by atoms with Crippen molar-refractivity contribution in [3.8, 4) is 11.3 Å². The molecule has 8 heteroatoms. The number of aromatic nitrogens is 2. The minimum Gasteiger partial charge on any atom is -0.375 e. The second kappa shape index (κ2) is 6.18. The van der Waals surface area contributed by atoms with Crippen molar-refractivity contribution in [2.24, 2.45) is 11.8 Å². The molecule has 3 N–H and O–H groups in total. The van der Waals surface area contributed by atoms with Crippen molar-refractivity contribution < 1.29 is 9.59 Å². The molecule has 0 aliphatic carbocycles. The summed E-state index contributed by atoms with van der Waals surface area (Å²) in [5.74, 6) is 1.04. The summed E-state index contributed by atoms with van der Waals surface area (Å²) in [5.41, 5.74) is 7.90. The summed E-state index contributed by atoms with van der Waals surface area (Å²) in [7, 11) is 0. The van der Waals surface area contributed by atoms with Crippen LogP contribution in [-0.4, -0.2) is 57.8 Å². The lowest BCUT2D eigenvalue weighted by molar-refractivity contribution is -0.128. The number of aromatic amines is 1. The highest BCUT2D eigenvalue weighted by molar-refractivity contribution is 7.13. The summed E-state index contributed by atoms with van der Waals surface area (Å²) in [6.07, 6.45) is 2.75. The van der Waals surface area contributed by atoms with Crippen molar-refractivity contribution >= 4 is 28.3 Å². The Hall–Kier alpha value is -2.35. The van der Waals surface area contributed by atoms with Crippen LogP contribution in [0.15, 0.2) is 17.6 Å². The van der Waals surface area contributed by atoms with Crippen molar-refractivity contribution in [2.75, 3.05) is 31.9 Å². The zero-order chi connectivity index (χ0) is 17.6. The Kier molecular flexibility index (Phi) is 3.99. The van der Waals surface area contributed by atoms with E-state index < -0.39 is 0 Å². The van der Waals surface area contributed by atoms with E-state index in [0.717, 1.165) is 37.3 Å². The molecule has 2 aliphatic heterocycles. The van der Waals surface area contributed by atoms with Gasteiger partial charge in [-0.2, -0.15) is 0 Å². The first-order valence-electron chi connectivity index (χ1n) is 8.46. The van der Waals surface area contributed by atoms with Crippen LogP contribution in [0.4, 0.5) is 5.13 Å². The fraction of sp³-hybridized carbons (Fsp3) is 0.471. The number of nitrogens with two attached hydrogens (primary N) is 1. The molecule has 0 aromatic carbocycles. The lowest BCUT2D eigenvalue weighted by Gasteiger charge is -2.33. The van der Waals surface area contributed by atoms with E-state index in [1.165, 1.54) is 11.3 Å². The molecule has 2 saturated heterocycles. The van der Waals surface area contributed by atoms with Gasteiger partial charge in [0.2, 0.25) is 5.91 Å². The molecule has 2 aliphatic rings. The molecule has 0 radical (unpaired) electrons. The normalized spacial score (nSPS) is 22.9. The highest BCUT2D eigenvalue weighted by Gasteiger charge is 2.39. The Balaban J connectivity index is 1.45. The van der Waals surface area contributed by atoms with Crippen LogP contribution in [0.25, 0.3) is 11.3 Å². The van der Waals surface area contributed by atoms with Crippen molar-refractivity contribution in [3.63, 3.8) is 0 Å². The average Bonchev–Trinajstić information content (AvgIpc) is 3.31. The van der Waals surface area contributed by atoms with Gasteiger partial charge in [-0.25, -0.2) is 4.98 Å². The van der Waals surface area contributed by atoms with Crippen LogP contribution in [0, 0.1) is 11.8 Å². The summed E-state index contributed by atoms with van der Waals surface area (Å²) in [5, 5.41) is 2.40. The van der Waals surface area contributed by atoms with Gasteiger partial charge in [0.15, 0.2) is 5.13 Å². The van der Waals surface area contributed by atoms with E-state index in [2.05, 4.69) is 9.97 Å². The monoisotopic (exact) mass is 359 g/mol. The quantitative estimate of drug-likeness (QED) is 0.852. The van der Waals surface area contributed by atoms with Gasteiger partial charge in [-0.05, 0) is 24.3 Å². The van der Waals surface area contributed by atoms with E-state index in [1.807, 2.05) is 21.2 Å². The van der Waals surface area contributed by atoms with Crippen LogP contribution >= 0.6 is 11.3 Å². The van der Waals surface area contributed by atoms with Gasteiger partial charge in [-0.3, -0.25) is 9.59 Å². The molecule has 2 amide bonds. The number of nitrogens with zero attached hydrogens (tertiary/aromatic N) is 3. The van der Waals surface area contributed by atoms with Crippen LogP contribution in [0.5, 0.6) is 0 Å². The van der Waals surface area contributed by atoms with E-state index in [4.69, 9.17) is 5.73 Å². The van der Waals surface area contributed by atoms with Crippen LogP contribution in [0.3, 0.4) is 0 Å². The van der Waals surface area contributed by atoms with Crippen LogP contribution in [0.1, 0.15) is 23.8 Å². The Labute approximate surface area is 149 Å². The first-order chi connectivity index (χ1) is 12.0. The number of nitrogen functional groups attached to an aromatic ring is 1. The number of thiazole rings is 1. The van der Waals surface area contributed by atoms with E-state index in [1.54, 1.807) is 13.1 Å². The number of anilines is 1. The summed E-state index contributed by atoms with van der Waals surface area (Å²) in [4.78, 5) is 35.5. The maximum Gasteiger partial charge on any atom is 0.270 e. The maximum absolute atomic E-state index is 12.8. The molecule has 2 aromatic heterocycles. The zero-order valence-corrected chi connectivity index (χ0v) is 14.9. The third-order valence-electron chi connectivity index (χ3n) is 5.26. The van der Waals surface area contributed by atoms with Gasteiger partial charge >= 0.3 is 0 Å². The average molecular weight is 359 g/mol. The highest BCUT2D eigenvalue weighted by Crippen LogP contribution is 2.32. The maximum atomic E-state index is 12.8. The molecule has 7 nitrogen and oxygen atoms in total. The molecule has 25 heavy (non-hydrogen) atoms. The van der Waals surface area contributed by atoms with Crippen molar-refractivity contribution in [2.45, 2.75) is 13.3 Å². The molecule has 2 atom stereocenters. The first-order valence-corrected chi connectivity index (χ1v) is 9.34. The Morgan fingerprint density at radius 3 is 2.76 bits per heavy atom. The molecule has 0 saturated carbocycles. The second-order valence-corrected chi connectivity index (χ2v) is 7.75. The highest BCUT2D eigenvalue weighted by atomic mass is 32.1. The van der Waals surface area contributed by atoms with Gasteiger partial charge in [0, 0.05) is 50.2 Å². The number of rotatable bonds is 2. The molecule has 4 rings (SSSR count). The lowest BCUT2D eigenvalue weighted by Crippen LogP contribution is -2.43. The van der Waals surface area contributed by atoms with Crippen LogP contribution < -0.4 is 5.73 Å². The number of carbonyl (C=O) groups excluding carboxylic acids is 2. The smallest absolute Gasteiger partial charge is 0.270 e. The van der Waals surface area contributed by atoms with Crippen molar-refractivity contribution in [1.82, 2.24) is 19.8 Å². The summed E-state index contributed by atoms with van der Waals surface area (Å²) in [6, 6.07) is 1.83. The molecule has 0 bridgehead atoms. The predicted molar refractivity (Wildman–Crippen MR) is 96.1 cm³/mol. The third kappa shape index (κ3) is 3.02. The Morgan fingerprint density at radius 1 is 1.28 bits per heavy atom. The van der Waals surface area contributed by atoms with Crippen molar-refractivity contribution in [3.05, 3.63) is 23.3 Å². The minimum absolute atomic E-state index is 0.00850. The largest absolute Gasteiger partial charge is 0.375 e. The van der Waals surface area contributed by atoms with Gasteiger partial charge in [-0.15, -0.1) is 11.3 Å². The predicted octanol–water partition coefficient (Wildman–Crippen LogP) is 1.66. The van der Waals surface area contributed by atoms with E-state index in [0.29, 0.717) is 29.2 Å². The van der Waals surface area contributed by atoms with E-state index in [-0.39, 0.29) is 11.8 Å². The van der Waals surface area contributed by atoms with Gasteiger partial charge in [0.1, 0.15) is 5.69 Å². The van der Waals surface area contributed by atoms with Gasteiger partial charge < -0.3 is 20.5 Å². The molecule has 2 aromatic rings. The third-order valence-corrected chi connectivity index (χ3v) is 5.94. The number of H-pyrrole nitrogens is 1. The van der Waals surface area contributed by atoms with Gasteiger partial charge in [-0.1, -0.05) is 0 Å². The number of fused-ring (bicyclic) bond motifs is 1. The Morgan fingerprint density at radius 2 is 2.04 bits per heavy atom. The molecule has 0 unspecified atom stereocenters. The number of nitrogens with one attached hydrogen (secondary N) is 1. The summed E-state index contributed by atoms with van der Waals surface area (Å²) >= 11 is 1.38. The van der Waals surface area contributed by atoms with Crippen LogP contribution in [0.2, 0.25) is 0 Å². The summed E-state index contributed by atoms with van der Waals surface area (Å²) in [6.45, 7) is 4.67. The number of hydrogen-bond acceptors (Lipinski definition) is 5. The molecule has 2 fully saturated rings. The van der Waals surface area contributed by atoms with Gasteiger partial charge in [0.25, 0.3) is 5.91 Å². The number of hydrogen-bond donors (Lipinski definition) is 2. The number of likely N-dealkylation sites (tertiary alicyclic amines) is 2. The molecule has 132 valence electrons. The second-order valence-electron chi connectivity index (χ2n) is 6.86. The fourth-order valence-corrected chi connectivity index (χ4v) is 4.44. The fourth-order valence-electron chi connectivity index (χ4n) is 3.87. The standard InChI is InChI=1S/C17H21N5O2S/c1-10(23)22-6-11-2-3-21(7-13(11)8-22)16(24)14-4-12(5-19-14)15-9-25-17(18)20-15/h4-5,9,11,13,19H,2-3,6-8H2,1H3,(H2,18,20)/t11-,13+/m0/s1. The van der Waals surface area contributed by atoms with Crippen molar-refractivity contribution in [1.29, 1.82) is 0 Å². The number of carbonyl (C=O) groups is 2. The van der Waals surface area contributed by atoms with E-state index in [9.17, 15) is 9.59 Å². The van der Waals surface area contributed by atoms with Gasteiger partial charge in [0.05, 0.1) is 5.69 Å². The number of piperidine rings is 1. The SMILES string of the molecule is CC(=O)N1C[C@@H]2CCN(C(=O)c3cc(-c4csc(N)n4)c[nH]3)C[C@@H]2C1. The van der Waals surface area contributed by atoms with Crippen LogP contribution in [-0.2, 0) is 4.79 Å². The summed E-state index contributed by atoms with van der Waals surface area (Å²) < 4.78 is 0. The minimum atomic E-state index is 0.00850.